The Balaban J connectivity index is 1.71. The lowest BCUT2D eigenvalue weighted by Gasteiger charge is -2.05. The molecule has 2 aromatic rings. The number of hydrogen-bond donors (Lipinski definition) is 1. The average Bonchev–Trinajstić information content (AvgIpc) is 2.96. The number of nitriles is 1. The summed E-state index contributed by atoms with van der Waals surface area (Å²) < 4.78 is 42.4. The quantitative estimate of drug-likeness (QED) is 0.651. The van der Waals surface area contributed by atoms with Crippen LogP contribution in [0.3, 0.4) is 0 Å². The predicted octanol–water partition coefficient (Wildman–Crippen LogP) is 3.26. The van der Waals surface area contributed by atoms with Gasteiger partial charge < -0.3 is 4.74 Å². The van der Waals surface area contributed by atoms with Gasteiger partial charge >= 0.3 is 6.18 Å². The summed E-state index contributed by atoms with van der Waals surface area (Å²) in [5.41, 5.74) is 0.507. The summed E-state index contributed by atoms with van der Waals surface area (Å²) in [5, 5.41) is 14.2. The van der Waals surface area contributed by atoms with Crippen molar-refractivity contribution in [1.82, 2.24) is 15.2 Å². The van der Waals surface area contributed by atoms with Crippen molar-refractivity contribution in [3.05, 3.63) is 35.7 Å². The number of aromatic amines is 1. The molecule has 0 aliphatic rings. The molecule has 0 atom stereocenters. The summed E-state index contributed by atoms with van der Waals surface area (Å²) in [4.78, 5) is 3.35. The first kappa shape index (κ1) is 16.2. The molecule has 9 heteroatoms. The average molecular weight is 328 g/mol. The van der Waals surface area contributed by atoms with Crippen molar-refractivity contribution in [2.45, 2.75) is 17.8 Å². The maximum absolute atomic E-state index is 12.3. The summed E-state index contributed by atoms with van der Waals surface area (Å²) in [6, 6.07) is 8.75. The lowest BCUT2D eigenvalue weighted by Crippen LogP contribution is -2.07. The second-order valence-corrected chi connectivity index (χ2v) is 5.22. The van der Waals surface area contributed by atoms with Crippen molar-refractivity contribution in [2.75, 3.05) is 12.4 Å². The Morgan fingerprint density at radius 1 is 1.36 bits per heavy atom. The number of benzene rings is 1. The van der Waals surface area contributed by atoms with E-state index in [1.165, 1.54) is 0 Å². The first-order chi connectivity index (χ1) is 10.5. The van der Waals surface area contributed by atoms with E-state index < -0.39 is 12.0 Å². The van der Waals surface area contributed by atoms with Crippen molar-refractivity contribution >= 4 is 11.8 Å². The largest absolute Gasteiger partial charge is 0.494 e. The van der Waals surface area contributed by atoms with E-state index in [1.54, 1.807) is 24.3 Å². The molecule has 116 valence electrons. The van der Waals surface area contributed by atoms with Crippen molar-refractivity contribution in [3.8, 4) is 11.8 Å². The van der Waals surface area contributed by atoms with Crippen molar-refractivity contribution in [2.24, 2.45) is 0 Å². The van der Waals surface area contributed by atoms with Crippen LogP contribution in [0.1, 0.15) is 17.8 Å². The molecule has 1 aromatic carbocycles. The van der Waals surface area contributed by atoms with Gasteiger partial charge in [-0.25, -0.2) is 0 Å². The standard InChI is InChI=1S/C13H11F3N4OS/c14-13(15,16)11-18-12(20-19-11)22-6-2-5-21-10-4-1-3-9(7-10)8-17/h1,3-4,7H,2,5-6H2,(H,18,19,20). The second-order valence-electron chi connectivity index (χ2n) is 4.15. The van der Waals surface area contributed by atoms with E-state index >= 15 is 0 Å². The highest BCUT2D eigenvalue weighted by Crippen LogP contribution is 2.27. The number of H-pyrrole nitrogens is 1. The van der Waals surface area contributed by atoms with Crippen LogP contribution in [0.5, 0.6) is 5.75 Å². The number of nitrogens with one attached hydrogen (secondary N) is 1. The summed E-state index contributed by atoms with van der Waals surface area (Å²) in [7, 11) is 0. The topological polar surface area (TPSA) is 74.6 Å². The maximum atomic E-state index is 12.3. The minimum absolute atomic E-state index is 0.0544. The number of aromatic nitrogens is 3. The smallest absolute Gasteiger partial charge is 0.451 e. The summed E-state index contributed by atoms with van der Waals surface area (Å²) in [6.45, 7) is 0.387. The van der Waals surface area contributed by atoms with Crippen molar-refractivity contribution in [1.29, 1.82) is 5.26 Å². The van der Waals surface area contributed by atoms with Crippen LogP contribution in [-0.4, -0.2) is 27.5 Å². The highest BCUT2D eigenvalue weighted by molar-refractivity contribution is 7.99. The monoisotopic (exact) mass is 328 g/mol. The minimum Gasteiger partial charge on any atom is -0.494 e. The third-order valence-corrected chi connectivity index (χ3v) is 3.42. The van der Waals surface area contributed by atoms with Crippen LogP contribution < -0.4 is 4.74 Å². The van der Waals surface area contributed by atoms with Gasteiger partial charge in [0.05, 0.1) is 18.2 Å². The Labute approximate surface area is 128 Å². The molecule has 0 spiro atoms. The molecule has 2 rings (SSSR count). The molecule has 0 saturated carbocycles. The van der Waals surface area contributed by atoms with Crippen LogP contribution in [0, 0.1) is 11.3 Å². The molecule has 0 aliphatic heterocycles. The molecule has 0 saturated heterocycles. The Bertz CT molecular complexity index is 666. The first-order valence-electron chi connectivity index (χ1n) is 6.24. The SMILES string of the molecule is N#Cc1cccc(OCCCSc2n[nH]c(C(F)(F)F)n2)c1. The molecule has 0 radical (unpaired) electrons. The molecule has 0 amide bonds. The zero-order chi connectivity index (χ0) is 16.0. The Morgan fingerprint density at radius 3 is 2.86 bits per heavy atom. The van der Waals surface area contributed by atoms with Gasteiger partial charge in [-0.2, -0.15) is 23.4 Å². The lowest BCUT2D eigenvalue weighted by atomic mass is 10.2. The number of halogens is 3. The maximum Gasteiger partial charge on any atom is 0.451 e. The van der Waals surface area contributed by atoms with Gasteiger partial charge in [0.25, 0.3) is 0 Å². The van der Waals surface area contributed by atoms with Gasteiger partial charge in [0.1, 0.15) is 5.75 Å². The molecule has 1 aromatic heterocycles. The zero-order valence-electron chi connectivity index (χ0n) is 11.2. The molecule has 0 fully saturated rings. The van der Waals surface area contributed by atoms with Crippen LogP contribution in [-0.2, 0) is 6.18 Å². The minimum atomic E-state index is -4.51. The van der Waals surface area contributed by atoms with Crippen molar-refractivity contribution < 1.29 is 17.9 Å². The Hall–Kier alpha value is -2.21. The van der Waals surface area contributed by atoms with Crippen LogP contribution in [0.15, 0.2) is 29.4 Å². The highest BCUT2D eigenvalue weighted by atomic mass is 32.2. The molecule has 0 aliphatic carbocycles. The number of nitrogens with zero attached hydrogens (tertiary/aromatic N) is 3. The fourth-order valence-electron chi connectivity index (χ4n) is 1.51. The van der Waals surface area contributed by atoms with Crippen LogP contribution in [0.2, 0.25) is 0 Å². The van der Waals surface area contributed by atoms with Crippen LogP contribution >= 0.6 is 11.8 Å². The van der Waals surface area contributed by atoms with Crippen molar-refractivity contribution in [3.63, 3.8) is 0 Å². The van der Waals surface area contributed by atoms with Gasteiger partial charge in [0.15, 0.2) is 0 Å². The Kier molecular flexibility index (Phi) is 5.27. The Morgan fingerprint density at radius 2 is 2.18 bits per heavy atom. The summed E-state index contributed by atoms with van der Waals surface area (Å²) >= 11 is 1.11. The molecule has 5 nitrogen and oxygen atoms in total. The second kappa shape index (κ2) is 7.17. The number of hydrogen-bond acceptors (Lipinski definition) is 5. The van der Waals surface area contributed by atoms with E-state index in [4.69, 9.17) is 10.00 Å². The van der Waals surface area contributed by atoms with Gasteiger partial charge in [-0.3, -0.25) is 5.10 Å². The first-order valence-corrected chi connectivity index (χ1v) is 7.23. The van der Waals surface area contributed by atoms with E-state index in [1.807, 2.05) is 11.2 Å². The lowest BCUT2D eigenvalue weighted by molar-refractivity contribution is -0.144. The van der Waals surface area contributed by atoms with Crippen LogP contribution in [0.4, 0.5) is 13.2 Å². The number of rotatable bonds is 6. The number of thioether (sulfide) groups is 1. The zero-order valence-corrected chi connectivity index (χ0v) is 12.0. The molecular weight excluding hydrogens is 317 g/mol. The van der Waals surface area contributed by atoms with E-state index in [-0.39, 0.29) is 5.16 Å². The molecule has 0 unspecified atom stereocenters. The normalized spacial score (nSPS) is 11.2. The van der Waals surface area contributed by atoms with E-state index in [2.05, 4.69) is 10.1 Å². The fourth-order valence-corrected chi connectivity index (χ4v) is 2.22. The van der Waals surface area contributed by atoms with Crippen LogP contribution in [0.25, 0.3) is 0 Å². The highest BCUT2D eigenvalue weighted by Gasteiger charge is 2.35. The summed E-state index contributed by atoms with van der Waals surface area (Å²) in [6.07, 6.45) is -3.90. The third-order valence-electron chi connectivity index (χ3n) is 2.49. The molecule has 1 N–H and O–H groups in total. The number of ether oxygens (including phenoxy) is 1. The summed E-state index contributed by atoms with van der Waals surface area (Å²) in [5.74, 6) is 0.00784. The third kappa shape index (κ3) is 4.66. The number of alkyl halides is 3. The molecule has 22 heavy (non-hydrogen) atoms. The molecule has 1 heterocycles. The van der Waals surface area contributed by atoms with Gasteiger partial charge in [-0.1, -0.05) is 17.8 Å². The predicted molar refractivity (Wildman–Crippen MR) is 73.4 cm³/mol. The van der Waals surface area contributed by atoms with Gasteiger partial charge in [0.2, 0.25) is 11.0 Å². The van der Waals surface area contributed by atoms with Gasteiger partial charge in [0, 0.05) is 5.75 Å². The molecular formula is C13H11F3N4OS. The fraction of sp³-hybridized carbons (Fsp3) is 0.308. The van der Waals surface area contributed by atoms with E-state index in [0.717, 1.165) is 11.8 Å². The van der Waals surface area contributed by atoms with E-state index in [0.29, 0.717) is 30.1 Å². The van der Waals surface area contributed by atoms with Gasteiger partial charge in [-0.15, -0.1) is 5.10 Å². The van der Waals surface area contributed by atoms with Gasteiger partial charge in [-0.05, 0) is 24.6 Å². The van der Waals surface area contributed by atoms with E-state index in [9.17, 15) is 13.2 Å². The molecule has 0 bridgehead atoms.